The lowest BCUT2D eigenvalue weighted by Crippen LogP contribution is -2.53. The normalized spacial score (nSPS) is 16.1. The molecule has 4 nitrogen and oxygen atoms in total. The molecular formula is C16H21N3O. The topological polar surface area (TPSA) is 30.3 Å². The summed E-state index contributed by atoms with van der Waals surface area (Å²) >= 11 is 0. The average Bonchev–Trinajstić information content (AvgIpc) is 2.91. The third-order valence-electron chi connectivity index (χ3n) is 3.70. The van der Waals surface area contributed by atoms with Crippen LogP contribution in [0.15, 0.2) is 43.0 Å². The molecule has 0 radical (unpaired) electrons. The molecule has 3 rings (SSSR count). The van der Waals surface area contributed by atoms with Gasteiger partial charge in [0.15, 0.2) is 0 Å². The van der Waals surface area contributed by atoms with Crippen LogP contribution in [0, 0.1) is 6.92 Å². The third-order valence-corrected chi connectivity index (χ3v) is 3.70. The summed E-state index contributed by atoms with van der Waals surface area (Å²) in [6, 6.07) is 8.29. The van der Waals surface area contributed by atoms with E-state index in [1.54, 1.807) is 0 Å². The van der Waals surface area contributed by atoms with Gasteiger partial charge in [0.25, 0.3) is 0 Å². The van der Waals surface area contributed by atoms with Gasteiger partial charge < -0.3 is 9.30 Å². The van der Waals surface area contributed by atoms with E-state index in [0.29, 0.717) is 6.10 Å². The Balaban J connectivity index is 1.33. The van der Waals surface area contributed by atoms with Crippen LogP contribution in [0.3, 0.4) is 0 Å². The Kier molecular flexibility index (Phi) is 4.02. The molecule has 1 aliphatic rings. The first-order chi connectivity index (χ1) is 9.79. The quantitative estimate of drug-likeness (QED) is 0.808. The van der Waals surface area contributed by atoms with Crippen molar-refractivity contribution in [1.82, 2.24) is 14.5 Å². The maximum absolute atomic E-state index is 5.93. The number of aryl methyl sites for hydroxylation is 2. The number of rotatable bonds is 6. The smallest absolute Gasteiger partial charge is 0.124 e. The minimum atomic E-state index is 0.353. The maximum Gasteiger partial charge on any atom is 0.124 e. The molecule has 20 heavy (non-hydrogen) atoms. The number of hydrogen-bond acceptors (Lipinski definition) is 3. The Morgan fingerprint density at radius 3 is 2.70 bits per heavy atom. The molecule has 1 aromatic carbocycles. The predicted molar refractivity (Wildman–Crippen MR) is 78.9 cm³/mol. The van der Waals surface area contributed by atoms with Gasteiger partial charge in [-0.15, -0.1) is 0 Å². The lowest BCUT2D eigenvalue weighted by molar-refractivity contribution is 0.0188. The molecule has 0 aliphatic carbocycles. The Morgan fingerprint density at radius 1 is 1.20 bits per heavy atom. The van der Waals surface area contributed by atoms with Gasteiger partial charge in [-0.05, 0) is 25.5 Å². The van der Waals surface area contributed by atoms with E-state index in [-0.39, 0.29) is 0 Å². The molecule has 0 N–H and O–H groups in total. The van der Waals surface area contributed by atoms with Crippen molar-refractivity contribution in [1.29, 1.82) is 0 Å². The Bertz CT molecular complexity index is 515. The van der Waals surface area contributed by atoms with Gasteiger partial charge in [-0.1, -0.05) is 17.7 Å². The van der Waals surface area contributed by atoms with E-state index in [9.17, 15) is 0 Å². The molecule has 0 saturated carbocycles. The molecule has 0 amide bonds. The average molecular weight is 271 g/mol. The lowest BCUT2D eigenvalue weighted by Gasteiger charge is -2.39. The Hall–Kier alpha value is -1.81. The zero-order valence-electron chi connectivity index (χ0n) is 11.9. The van der Waals surface area contributed by atoms with Gasteiger partial charge in [-0.25, -0.2) is 4.98 Å². The van der Waals surface area contributed by atoms with E-state index in [1.807, 2.05) is 18.7 Å². The molecular weight excluding hydrogens is 250 g/mol. The summed E-state index contributed by atoms with van der Waals surface area (Å²) < 4.78 is 8.06. The fraction of sp³-hybridized carbons (Fsp3) is 0.438. The SMILES string of the molecule is Cc1ccc(OC2CN(CCCn3ccnc3)C2)cc1. The number of imidazole rings is 1. The summed E-state index contributed by atoms with van der Waals surface area (Å²) in [6.45, 7) is 6.34. The van der Waals surface area contributed by atoms with Crippen LogP contribution in [0.4, 0.5) is 0 Å². The van der Waals surface area contributed by atoms with Gasteiger partial charge in [-0.3, -0.25) is 4.90 Å². The van der Waals surface area contributed by atoms with Crippen LogP contribution < -0.4 is 4.74 Å². The first kappa shape index (κ1) is 13.2. The predicted octanol–water partition coefficient (Wildman–Crippen LogP) is 2.34. The van der Waals surface area contributed by atoms with Gasteiger partial charge in [0.05, 0.1) is 6.33 Å². The number of hydrogen-bond donors (Lipinski definition) is 0. The number of likely N-dealkylation sites (tertiary alicyclic amines) is 1. The summed E-state index contributed by atoms with van der Waals surface area (Å²) in [5.74, 6) is 0.985. The molecule has 1 fully saturated rings. The van der Waals surface area contributed by atoms with Crippen LogP contribution in [0.5, 0.6) is 5.75 Å². The van der Waals surface area contributed by atoms with Crippen molar-refractivity contribution in [3.8, 4) is 5.75 Å². The highest BCUT2D eigenvalue weighted by atomic mass is 16.5. The minimum absolute atomic E-state index is 0.353. The Morgan fingerprint density at radius 2 is 2.00 bits per heavy atom. The van der Waals surface area contributed by atoms with Crippen molar-refractivity contribution in [3.63, 3.8) is 0 Å². The fourth-order valence-electron chi connectivity index (χ4n) is 2.48. The van der Waals surface area contributed by atoms with Crippen molar-refractivity contribution in [2.45, 2.75) is 26.0 Å². The van der Waals surface area contributed by atoms with Crippen molar-refractivity contribution >= 4 is 0 Å². The second-order valence-corrected chi connectivity index (χ2v) is 5.47. The summed E-state index contributed by atoms with van der Waals surface area (Å²) in [5.41, 5.74) is 1.27. The van der Waals surface area contributed by atoms with Gasteiger partial charge in [0, 0.05) is 38.6 Å². The van der Waals surface area contributed by atoms with E-state index in [2.05, 4.69) is 45.6 Å². The van der Waals surface area contributed by atoms with Gasteiger partial charge in [0.2, 0.25) is 0 Å². The van der Waals surface area contributed by atoms with Crippen LogP contribution in [0.2, 0.25) is 0 Å². The summed E-state index contributed by atoms with van der Waals surface area (Å²) in [4.78, 5) is 6.49. The molecule has 1 saturated heterocycles. The summed E-state index contributed by atoms with van der Waals surface area (Å²) in [6.07, 6.45) is 7.23. The van der Waals surface area contributed by atoms with Crippen molar-refractivity contribution in [2.24, 2.45) is 0 Å². The van der Waals surface area contributed by atoms with Crippen molar-refractivity contribution in [2.75, 3.05) is 19.6 Å². The fourth-order valence-corrected chi connectivity index (χ4v) is 2.48. The third kappa shape index (κ3) is 3.39. The molecule has 1 aromatic heterocycles. The summed E-state index contributed by atoms with van der Waals surface area (Å²) in [5, 5.41) is 0. The van der Waals surface area contributed by atoms with Gasteiger partial charge in [-0.2, -0.15) is 0 Å². The standard InChI is InChI=1S/C16H21N3O/c1-14-3-5-15(6-4-14)20-16-11-19(12-16)9-2-8-18-10-7-17-13-18/h3-7,10,13,16H,2,8-9,11-12H2,1H3. The zero-order valence-corrected chi connectivity index (χ0v) is 11.9. The lowest BCUT2D eigenvalue weighted by atomic mass is 10.1. The molecule has 1 aliphatic heterocycles. The highest BCUT2D eigenvalue weighted by Crippen LogP contribution is 2.18. The number of nitrogens with zero attached hydrogens (tertiary/aromatic N) is 3. The largest absolute Gasteiger partial charge is 0.488 e. The van der Waals surface area contributed by atoms with Gasteiger partial charge in [0.1, 0.15) is 11.9 Å². The van der Waals surface area contributed by atoms with Gasteiger partial charge >= 0.3 is 0 Å². The van der Waals surface area contributed by atoms with Crippen LogP contribution in [0.1, 0.15) is 12.0 Å². The van der Waals surface area contributed by atoms with E-state index in [4.69, 9.17) is 4.74 Å². The Labute approximate surface area is 120 Å². The molecule has 0 atom stereocenters. The van der Waals surface area contributed by atoms with E-state index in [0.717, 1.165) is 38.3 Å². The maximum atomic E-state index is 5.93. The first-order valence-electron chi connectivity index (χ1n) is 7.21. The zero-order chi connectivity index (χ0) is 13.8. The van der Waals surface area contributed by atoms with Crippen LogP contribution in [0.25, 0.3) is 0 Å². The number of ether oxygens (including phenoxy) is 1. The van der Waals surface area contributed by atoms with Crippen molar-refractivity contribution in [3.05, 3.63) is 48.5 Å². The highest BCUT2D eigenvalue weighted by molar-refractivity contribution is 5.26. The monoisotopic (exact) mass is 271 g/mol. The molecule has 0 bridgehead atoms. The van der Waals surface area contributed by atoms with E-state index < -0.39 is 0 Å². The second-order valence-electron chi connectivity index (χ2n) is 5.47. The van der Waals surface area contributed by atoms with Crippen LogP contribution in [-0.4, -0.2) is 40.2 Å². The first-order valence-corrected chi connectivity index (χ1v) is 7.21. The number of aromatic nitrogens is 2. The van der Waals surface area contributed by atoms with E-state index in [1.165, 1.54) is 5.56 Å². The minimum Gasteiger partial charge on any atom is -0.488 e. The molecule has 0 spiro atoms. The van der Waals surface area contributed by atoms with E-state index >= 15 is 0 Å². The number of benzene rings is 1. The second kappa shape index (κ2) is 6.09. The van der Waals surface area contributed by atoms with Crippen LogP contribution in [-0.2, 0) is 6.54 Å². The highest BCUT2D eigenvalue weighted by Gasteiger charge is 2.27. The molecule has 2 heterocycles. The molecule has 0 unspecified atom stereocenters. The summed E-state index contributed by atoms with van der Waals surface area (Å²) in [7, 11) is 0. The molecule has 2 aromatic rings. The molecule has 4 heteroatoms. The van der Waals surface area contributed by atoms with Crippen molar-refractivity contribution < 1.29 is 4.74 Å². The van der Waals surface area contributed by atoms with Crippen LogP contribution >= 0.6 is 0 Å². The molecule has 106 valence electrons.